The Morgan fingerprint density at radius 1 is 1.35 bits per heavy atom. The molecule has 1 atom stereocenters. The number of nitrogens with zero attached hydrogens (tertiary/aromatic N) is 1. The van der Waals surface area contributed by atoms with Crippen LogP contribution in [0, 0.1) is 5.92 Å². The van der Waals surface area contributed by atoms with Crippen LogP contribution in [0.5, 0.6) is 11.5 Å². The van der Waals surface area contributed by atoms with Gasteiger partial charge in [-0.25, -0.2) is 0 Å². The molecule has 0 spiro atoms. The molecular formula is C15H22N2O3. The molecule has 0 aliphatic carbocycles. The van der Waals surface area contributed by atoms with Crippen molar-refractivity contribution in [1.82, 2.24) is 4.90 Å². The normalized spacial score (nSPS) is 18.8. The van der Waals surface area contributed by atoms with Crippen LogP contribution in [0.15, 0.2) is 12.1 Å². The molecule has 1 saturated heterocycles. The first-order valence-corrected chi connectivity index (χ1v) is 6.87. The molecule has 1 fully saturated rings. The Labute approximate surface area is 119 Å². The highest BCUT2D eigenvalue weighted by Crippen LogP contribution is 2.32. The van der Waals surface area contributed by atoms with E-state index in [-0.39, 0.29) is 5.91 Å². The van der Waals surface area contributed by atoms with E-state index in [1.165, 1.54) is 13.5 Å². The lowest BCUT2D eigenvalue weighted by Crippen LogP contribution is -2.39. The molecule has 5 heteroatoms. The van der Waals surface area contributed by atoms with Gasteiger partial charge in [0.25, 0.3) is 5.91 Å². The summed E-state index contributed by atoms with van der Waals surface area (Å²) >= 11 is 0. The molecule has 1 aromatic carbocycles. The van der Waals surface area contributed by atoms with Crippen molar-refractivity contribution >= 4 is 11.6 Å². The van der Waals surface area contributed by atoms with Gasteiger partial charge in [0.2, 0.25) is 0 Å². The zero-order valence-corrected chi connectivity index (χ0v) is 12.3. The standard InChI is InChI=1S/C15H22N2O3/c1-10-5-4-6-17(9-10)15(18)12-7-11(19-2)8-13(20-3)14(12)16/h7-8,10H,4-6,9,16H2,1-3H3. The molecule has 1 unspecified atom stereocenters. The quantitative estimate of drug-likeness (QED) is 0.860. The lowest BCUT2D eigenvalue weighted by atomic mass is 9.99. The van der Waals surface area contributed by atoms with E-state index in [0.29, 0.717) is 28.7 Å². The second-order valence-corrected chi connectivity index (χ2v) is 5.29. The molecule has 1 heterocycles. The van der Waals surface area contributed by atoms with Crippen LogP contribution in [0.1, 0.15) is 30.1 Å². The molecule has 2 rings (SSSR count). The first-order valence-electron chi connectivity index (χ1n) is 6.87. The van der Waals surface area contributed by atoms with E-state index in [1.807, 2.05) is 4.90 Å². The van der Waals surface area contributed by atoms with E-state index < -0.39 is 0 Å². The number of rotatable bonds is 3. The van der Waals surface area contributed by atoms with Gasteiger partial charge in [0.1, 0.15) is 11.5 Å². The lowest BCUT2D eigenvalue weighted by molar-refractivity contribution is 0.0683. The molecular weight excluding hydrogens is 256 g/mol. The minimum atomic E-state index is -0.0498. The Morgan fingerprint density at radius 2 is 2.10 bits per heavy atom. The zero-order chi connectivity index (χ0) is 14.7. The van der Waals surface area contributed by atoms with E-state index in [0.717, 1.165) is 19.5 Å². The molecule has 0 aromatic heterocycles. The molecule has 5 nitrogen and oxygen atoms in total. The van der Waals surface area contributed by atoms with Crippen molar-refractivity contribution in [3.05, 3.63) is 17.7 Å². The lowest BCUT2D eigenvalue weighted by Gasteiger charge is -2.31. The van der Waals surface area contributed by atoms with Crippen molar-refractivity contribution in [3.8, 4) is 11.5 Å². The predicted octanol–water partition coefficient (Wildman–Crippen LogP) is 2.16. The van der Waals surface area contributed by atoms with Crippen molar-refractivity contribution in [2.24, 2.45) is 5.92 Å². The van der Waals surface area contributed by atoms with E-state index in [2.05, 4.69) is 6.92 Å². The molecule has 0 bridgehead atoms. The van der Waals surface area contributed by atoms with Gasteiger partial charge < -0.3 is 20.1 Å². The predicted molar refractivity (Wildman–Crippen MR) is 78.3 cm³/mol. The van der Waals surface area contributed by atoms with Gasteiger partial charge in [-0.2, -0.15) is 0 Å². The summed E-state index contributed by atoms with van der Waals surface area (Å²) in [5, 5.41) is 0. The SMILES string of the molecule is COc1cc(OC)c(N)c(C(=O)N2CCCC(C)C2)c1. The zero-order valence-electron chi connectivity index (χ0n) is 12.3. The third-order valence-electron chi connectivity index (χ3n) is 3.75. The van der Waals surface area contributed by atoms with Gasteiger partial charge in [0.05, 0.1) is 25.5 Å². The number of amides is 1. The number of piperidine rings is 1. The average molecular weight is 278 g/mol. The Hall–Kier alpha value is -1.91. The second-order valence-electron chi connectivity index (χ2n) is 5.29. The minimum Gasteiger partial charge on any atom is -0.497 e. The average Bonchev–Trinajstić information content (AvgIpc) is 2.47. The van der Waals surface area contributed by atoms with Crippen LogP contribution in [-0.2, 0) is 0 Å². The fourth-order valence-corrected chi connectivity index (χ4v) is 2.61. The Kier molecular flexibility index (Phi) is 4.37. The first kappa shape index (κ1) is 14.5. The largest absolute Gasteiger partial charge is 0.497 e. The molecule has 0 saturated carbocycles. The maximum absolute atomic E-state index is 12.6. The second kappa shape index (κ2) is 6.03. The van der Waals surface area contributed by atoms with Crippen molar-refractivity contribution in [2.75, 3.05) is 33.0 Å². The third-order valence-corrected chi connectivity index (χ3v) is 3.75. The fraction of sp³-hybridized carbons (Fsp3) is 0.533. The van der Waals surface area contributed by atoms with Crippen LogP contribution in [0.25, 0.3) is 0 Å². The summed E-state index contributed by atoms with van der Waals surface area (Å²) in [6.45, 7) is 3.72. The molecule has 1 aliphatic heterocycles. The van der Waals surface area contributed by atoms with Crippen LogP contribution in [-0.4, -0.2) is 38.1 Å². The highest BCUT2D eigenvalue weighted by atomic mass is 16.5. The maximum Gasteiger partial charge on any atom is 0.256 e. The number of nitrogens with two attached hydrogens (primary N) is 1. The van der Waals surface area contributed by atoms with Crippen molar-refractivity contribution in [2.45, 2.75) is 19.8 Å². The monoisotopic (exact) mass is 278 g/mol. The highest BCUT2D eigenvalue weighted by molar-refractivity contribution is 6.01. The Bertz CT molecular complexity index is 502. The van der Waals surface area contributed by atoms with Gasteiger partial charge in [0.15, 0.2) is 0 Å². The summed E-state index contributed by atoms with van der Waals surface area (Å²) in [6, 6.07) is 3.37. The summed E-state index contributed by atoms with van der Waals surface area (Å²) in [6.07, 6.45) is 2.20. The molecule has 1 aromatic rings. The van der Waals surface area contributed by atoms with Crippen LogP contribution in [0.4, 0.5) is 5.69 Å². The van der Waals surface area contributed by atoms with Crippen LogP contribution < -0.4 is 15.2 Å². The summed E-state index contributed by atoms with van der Waals surface area (Å²) in [5.41, 5.74) is 6.86. The number of carbonyl (C=O) groups excluding carboxylic acids is 1. The Balaban J connectivity index is 2.33. The minimum absolute atomic E-state index is 0.0498. The fourth-order valence-electron chi connectivity index (χ4n) is 2.61. The number of ether oxygens (including phenoxy) is 2. The van der Waals surface area contributed by atoms with Crippen molar-refractivity contribution in [1.29, 1.82) is 0 Å². The molecule has 0 radical (unpaired) electrons. The van der Waals surface area contributed by atoms with Crippen LogP contribution >= 0.6 is 0 Å². The number of anilines is 1. The van der Waals surface area contributed by atoms with Crippen LogP contribution in [0.2, 0.25) is 0 Å². The molecule has 1 amide bonds. The third kappa shape index (κ3) is 2.81. The number of likely N-dealkylation sites (tertiary alicyclic amines) is 1. The van der Waals surface area contributed by atoms with Gasteiger partial charge in [-0.3, -0.25) is 4.79 Å². The van der Waals surface area contributed by atoms with Crippen LogP contribution in [0.3, 0.4) is 0 Å². The van der Waals surface area contributed by atoms with Crippen molar-refractivity contribution < 1.29 is 14.3 Å². The summed E-state index contributed by atoms with van der Waals surface area (Å²) in [7, 11) is 3.09. The summed E-state index contributed by atoms with van der Waals surface area (Å²) in [5.74, 6) is 1.52. The van der Waals surface area contributed by atoms with Crippen molar-refractivity contribution in [3.63, 3.8) is 0 Å². The van der Waals surface area contributed by atoms with E-state index in [4.69, 9.17) is 15.2 Å². The maximum atomic E-state index is 12.6. The smallest absolute Gasteiger partial charge is 0.256 e. The number of nitrogen functional groups attached to an aromatic ring is 1. The van der Waals surface area contributed by atoms with Gasteiger partial charge in [-0.15, -0.1) is 0 Å². The summed E-state index contributed by atoms with van der Waals surface area (Å²) < 4.78 is 10.4. The molecule has 110 valence electrons. The van der Waals surface area contributed by atoms with Gasteiger partial charge in [-0.05, 0) is 24.8 Å². The van der Waals surface area contributed by atoms with E-state index >= 15 is 0 Å². The number of hydrogen-bond acceptors (Lipinski definition) is 4. The number of hydrogen-bond donors (Lipinski definition) is 1. The van der Waals surface area contributed by atoms with E-state index in [9.17, 15) is 4.79 Å². The number of carbonyl (C=O) groups is 1. The highest BCUT2D eigenvalue weighted by Gasteiger charge is 2.25. The van der Waals surface area contributed by atoms with Gasteiger partial charge in [-0.1, -0.05) is 6.92 Å². The number of benzene rings is 1. The first-order chi connectivity index (χ1) is 9.56. The Morgan fingerprint density at radius 3 is 2.70 bits per heavy atom. The summed E-state index contributed by atoms with van der Waals surface area (Å²) in [4.78, 5) is 14.5. The molecule has 1 aliphatic rings. The molecule has 2 N–H and O–H groups in total. The molecule has 20 heavy (non-hydrogen) atoms. The topological polar surface area (TPSA) is 64.8 Å². The van der Waals surface area contributed by atoms with Gasteiger partial charge in [0, 0.05) is 19.2 Å². The number of methoxy groups -OCH3 is 2. The van der Waals surface area contributed by atoms with E-state index in [1.54, 1.807) is 19.2 Å². The van der Waals surface area contributed by atoms with Gasteiger partial charge >= 0.3 is 0 Å².